The molecule has 0 aromatic heterocycles. The Morgan fingerprint density at radius 3 is 2.56 bits per heavy atom. The van der Waals surface area contributed by atoms with E-state index in [-0.39, 0.29) is 12.5 Å². The summed E-state index contributed by atoms with van der Waals surface area (Å²) in [7, 11) is 3.15. The first-order valence-corrected chi connectivity index (χ1v) is 5.14. The normalized spacial score (nSPS) is 12.2. The zero-order valence-electron chi connectivity index (χ0n) is 9.59. The molecule has 0 fully saturated rings. The number of aliphatic hydroxyl groups is 1. The van der Waals surface area contributed by atoms with Crippen LogP contribution in [-0.4, -0.2) is 43.2 Å². The summed E-state index contributed by atoms with van der Waals surface area (Å²) in [6.07, 6.45) is -0.599. The molecule has 1 atom stereocenters. The van der Waals surface area contributed by atoms with Gasteiger partial charge in [-0.05, 0) is 5.56 Å². The number of aliphatic hydroxyl groups excluding tert-OH is 1. The molecule has 0 aliphatic rings. The number of hydrogen-bond acceptors (Lipinski definition) is 3. The summed E-state index contributed by atoms with van der Waals surface area (Å²) < 4.78 is 5.19. The number of amides is 1. The number of nitrogens with zero attached hydrogens (tertiary/aromatic N) is 1. The predicted octanol–water partition coefficient (Wildman–Crippen LogP) is 0.825. The average Bonchev–Trinajstić information content (AvgIpc) is 2.31. The molecule has 0 heterocycles. The Balaban J connectivity index is 2.79. The molecule has 0 bridgehead atoms. The molecule has 0 radical (unpaired) electrons. The highest BCUT2D eigenvalue weighted by atomic mass is 16.5. The lowest BCUT2D eigenvalue weighted by molar-refractivity contribution is -0.141. The maximum absolute atomic E-state index is 12.0. The van der Waals surface area contributed by atoms with Crippen molar-refractivity contribution in [3.05, 3.63) is 35.9 Å². The van der Waals surface area contributed by atoms with Gasteiger partial charge in [0.2, 0.25) is 0 Å². The molecule has 16 heavy (non-hydrogen) atoms. The van der Waals surface area contributed by atoms with Gasteiger partial charge in [0.1, 0.15) is 0 Å². The second-order valence-electron chi connectivity index (χ2n) is 3.51. The number of likely N-dealkylation sites (N-methyl/N-ethyl adjacent to an activating group) is 1. The van der Waals surface area contributed by atoms with Crippen molar-refractivity contribution in [1.29, 1.82) is 0 Å². The van der Waals surface area contributed by atoms with Gasteiger partial charge in [0.05, 0.1) is 6.61 Å². The number of carbonyl (C=O) groups excluding carboxylic acids is 1. The van der Waals surface area contributed by atoms with Crippen molar-refractivity contribution in [1.82, 2.24) is 4.90 Å². The summed E-state index contributed by atoms with van der Waals surface area (Å²) in [6.45, 7) is 0.263. The van der Waals surface area contributed by atoms with E-state index in [2.05, 4.69) is 0 Å². The Labute approximate surface area is 95.5 Å². The maximum atomic E-state index is 12.0. The lowest BCUT2D eigenvalue weighted by Crippen LogP contribution is -2.34. The monoisotopic (exact) mass is 223 g/mol. The van der Waals surface area contributed by atoms with Crippen LogP contribution in [0.15, 0.2) is 30.3 Å². The largest absolute Gasteiger partial charge is 0.395 e. The third-order valence-electron chi connectivity index (χ3n) is 2.37. The molecule has 0 saturated heterocycles. The van der Waals surface area contributed by atoms with Crippen LogP contribution in [0, 0.1) is 0 Å². The first kappa shape index (κ1) is 12.7. The van der Waals surface area contributed by atoms with Gasteiger partial charge in [-0.15, -0.1) is 0 Å². The molecule has 1 N–H and O–H groups in total. The van der Waals surface area contributed by atoms with Crippen LogP contribution in [0.2, 0.25) is 0 Å². The molecule has 1 aromatic carbocycles. The summed E-state index contributed by atoms with van der Waals surface area (Å²) >= 11 is 0. The molecule has 0 spiro atoms. The number of benzene rings is 1. The van der Waals surface area contributed by atoms with Crippen LogP contribution in [0.25, 0.3) is 0 Å². The van der Waals surface area contributed by atoms with E-state index < -0.39 is 6.10 Å². The molecule has 1 unspecified atom stereocenters. The van der Waals surface area contributed by atoms with Crippen molar-refractivity contribution in [3.8, 4) is 0 Å². The second kappa shape index (κ2) is 6.25. The third kappa shape index (κ3) is 3.05. The number of methoxy groups -OCH3 is 1. The Kier molecular flexibility index (Phi) is 4.95. The SMILES string of the molecule is COC(C(=O)N(C)CCO)c1ccccc1. The number of carbonyl (C=O) groups is 1. The highest BCUT2D eigenvalue weighted by Crippen LogP contribution is 2.18. The molecule has 0 saturated carbocycles. The molecular formula is C12H17NO3. The lowest BCUT2D eigenvalue weighted by atomic mass is 10.1. The van der Waals surface area contributed by atoms with Crippen LogP contribution in [0.5, 0.6) is 0 Å². The fourth-order valence-corrected chi connectivity index (χ4v) is 1.47. The summed E-state index contributed by atoms with van der Waals surface area (Å²) in [5.74, 6) is -0.150. The first-order chi connectivity index (χ1) is 7.70. The molecule has 0 aliphatic heterocycles. The van der Waals surface area contributed by atoms with Crippen molar-refractivity contribution < 1.29 is 14.6 Å². The molecule has 4 heteroatoms. The van der Waals surface area contributed by atoms with E-state index in [1.54, 1.807) is 7.05 Å². The van der Waals surface area contributed by atoms with E-state index >= 15 is 0 Å². The van der Waals surface area contributed by atoms with E-state index in [1.807, 2.05) is 30.3 Å². The van der Waals surface area contributed by atoms with Gasteiger partial charge >= 0.3 is 0 Å². The van der Waals surface area contributed by atoms with Gasteiger partial charge in [-0.2, -0.15) is 0 Å². The molecule has 88 valence electrons. The number of rotatable bonds is 5. The highest BCUT2D eigenvalue weighted by molar-refractivity contribution is 5.82. The van der Waals surface area contributed by atoms with Crippen LogP contribution in [-0.2, 0) is 9.53 Å². The van der Waals surface area contributed by atoms with E-state index in [9.17, 15) is 4.79 Å². The molecule has 4 nitrogen and oxygen atoms in total. The molecular weight excluding hydrogens is 206 g/mol. The summed E-state index contributed by atoms with van der Waals surface area (Å²) in [5.41, 5.74) is 0.819. The minimum absolute atomic E-state index is 0.0482. The zero-order valence-corrected chi connectivity index (χ0v) is 9.59. The van der Waals surface area contributed by atoms with Gasteiger partial charge < -0.3 is 14.7 Å². The van der Waals surface area contributed by atoms with Crippen LogP contribution >= 0.6 is 0 Å². The minimum Gasteiger partial charge on any atom is -0.395 e. The van der Waals surface area contributed by atoms with Gasteiger partial charge in [-0.1, -0.05) is 30.3 Å². The molecule has 1 aromatic rings. The van der Waals surface area contributed by atoms with Crippen molar-refractivity contribution in [3.63, 3.8) is 0 Å². The highest BCUT2D eigenvalue weighted by Gasteiger charge is 2.22. The van der Waals surface area contributed by atoms with Gasteiger partial charge in [-0.3, -0.25) is 4.79 Å². The summed E-state index contributed by atoms with van der Waals surface area (Å²) in [4.78, 5) is 13.4. The van der Waals surface area contributed by atoms with Crippen LogP contribution < -0.4 is 0 Å². The fraction of sp³-hybridized carbons (Fsp3) is 0.417. The predicted molar refractivity (Wildman–Crippen MR) is 60.9 cm³/mol. The van der Waals surface area contributed by atoms with Gasteiger partial charge in [0.15, 0.2) is 6.10 Å². The number of hydrogen-bond donors (Lipinski definition) is 1. The number of ether oxygens (including phenoxy) is 1. The Morgan fingerprint density at radius 2 is 2.06 bits per heavy atom. The fourth-order valence-electron chi connectivity index (χ4n) is 1.47. The second-order valence-corrected chi connectivity index (χ2v) is 3.51. The van der Waals surface area contributed by atoms with E-state index in [1.165, 1.54) is 12.0 Å². The van der Waals surface area contributed by atoms with E-state index in [0.717, 1.165) is 5.56 Å². The van der Waals surface area contributed by atoms with E-state index in [4.69, 9.17) is 9.84 Å². The first-order valence-electron chi connectivity index (χ1n) is 5.14. The quantitative estimate of drug-likeness (QED) is 0.804. The lowest BCUT2D eigenvalue weighted by Gasteiger charge is -2.22. The van der Waals surface area contributed by atoms with Crippen molar-refractivity contribution in [2.45, 2.75) is 6.10 Å². The van der Waals surface area contributed by atoms with Gasteiger partial charge in [0.25, 0.3) is 5.91 Å². The summed E-state index contributed by atoms with van der Waals surface area (Å²) in [6, 6.07) is 9.30. The average molecular weight is 223 g/mol. The third-order valence-corrected chi connectivity index (χ3v) is 2.37. The molecule has 1 amide bonds. The zero-order chi connectivity index (χ0) is 12.0. The molecule has 0 aliphatic carbocycles. The van der Waals surface area contributed by atoms with Crippen molar-refractivity contribution in [2.75, 3.05) is 27.3 Å². The molecule has 1 rings (SSSR count). The van der Waals surface area contributed by atoms with Crippen molar-refractivity contribution in [2.24, 2.45) is 0 Å². The smallest absolute Gasteiger partial charge is 0.256 e. The summed E-state index contributed by atoms with van der Waals surface area (Å²) in [5, 5.41) is 8.78. The standard InChI is InChI=1S/C12H17NO3/c1-13(8-9-14)12(15)11(16-2)10-6-4-3-5-7-10/h3-7,11,14H,8-9H2,1-2H3. The minimum atomic E-state index is -0.599. The maximum Gasteiger partial charge on any atom is 0.256 e. The Hall–Kier alpha value is -1.39. The van der Waals surface area contributed by atoms with Gasteiger partial charge in [0, 0.05) is 20.7 Å². The van der Waals surface area contributed by atoms with Crippen LogP contribution in [0.3, 0.4) is 0 Å². The van der Waals surface area contributed by atoms with Crippen molar-refractivity contribution >= 4 is 5.91 Å². The van der Waals surface area contributed by atoms with Crippen LogP contribution in [0.4, 0.5) is 0 Å². The Morgan fingerprint density at radius 1 is 1.44 bits per heavy atom. The topological polar surface area (TPSA) is 49.8 Å². The van der Waals surface area contributed by atoms with E-state index in [0.29, 0.717) is 6.54 Å². The Bertz CT molecular complexity index is 326. The van der Waals surface area contributed by atoms with Gasteiger partial charge in [-0.25, -0.2) is 0 Å². The van der Waals surface area contributed by atoms with Crippen LogP contribution in [0.1, 0.15) is 11.7 Å².